The summed E-state index contributed by atoms with van der Waals surface area (Å²) >= 11 is 11.4. The van der Waals surface area contributed by atoms with Crippen molar-refractivity contribution in [2.45, 2.75) is 22.2 Å². The van der Waals surface area contributed by atoms with Gasteiger partial charge in [0.15, 0.2) is 0 Å². The molecule has 2 rings (SSSR count). The Hall–Kier alpha value is -0.920. The third-order valence-corrected chi connectivity index (χ3v) is 6.49. The molecule has 0 aliphatic rings. The normalized spacial score (nSPS) is 13.6. The second-order valence-corrected chi connectivity index (χ2v) is 9.07. The first-order chi connectivity index (χ1) is 12.6. The number of sulfone groups is 1. The Kier molecular flexibility index (Phi) is 6.17. The van der Waals surface area contributed by atoms with Gasteiger partial charge in [-0.1, -0.05) is 27.5 Å². The molecule has 1 aromatic carbocycles. The zero-order chi connectivity index (χ0) is 21.7. The predicted molar refractivity (Wildman–Crippen MR) is 92.1 cm³/mol. The molecule has 0 amide bonds. The van der Waals surface area contributed by atoms with Crippen molar-refractivity contribution in [1.29, 1.82) is 0 Å². The average Bonchev–Trinajstić information content (AvgIpc) is 2.53. The first-order valence-corrected chi connectivity index (χ1v) is 10.1. The summed E-state index contributed by atoms with van der Waals surface area (Å²) in [6.07, 6.45) is -5.67. The van der Waals surface area contributed by atoms with Crippen molar-refractivity contribution in [1.82, 2.24) is 4.98 Å². The topological polar surface area (TPSA) is 47.0 Å². The van der Waals surface area contributed by atoms with Crippen LogP contribution in [-0.4, -0.2) is 30.8 Å². The van der Waals surface area contributed by atoms with Gasteiger partial charge in [-0.05, 0) is 34.1 Å². The first kappa shape index (κ1) is 23.4. The molecule has 3 nitrogen and oxygen atoms in total. The number of aromatic nitrogens is 1. The highest BCUT2D eigenvalue weighted by Gasteiger charge is 2.78. The highest BCUT2D eigenvalue weighted by atomic mass is 79.9. The monoisotopic (exact) mass is 576 g/mol. The van der Waals surface area contributed by atoms with Crippen LogP contribution in [0.4, 0.5) is 30.7 Å². The molecule has 0 N–H and O–H groups in total. The van der Waals surface area contributed by atoms with Gasteiger partial charge in [0.25, 0.3) is 9.84 Å². The Labute approximate surface area is 175 Å². The molecule has 0 atom stereocenters. The molecule has 1 aromatic heterocycles. The summed E-state index contributed by atoms with van der Waals surface area (Å²) < 4.78 is 116. The summed E-state index contributed by atoms with van der Waals surface area (Å²) in [5, 5.41) is -6.94. The molecule has 0 bridgehead atoms. The first-order valence-electron chi connectivity index (χ1n) is 6.65. The Bertz CT molecular complexity index is 1030. The molecule has 0 aliphatic carbocycles. The van der Waals surface area contributed by atoms with Crippen LogP contribution in [0.25, 0.3) is 11.1 Å². The summed E-state index contributed by atoms with van der Waals surface area (Å²) in [5.74, 6) is -6.87. The van der Waals surface area contributed by atoms with Crippen molar-refractivity contribution in [3.05, 3.63) is 44.6 Å². The Morgan fingerprint density at radius 1 is 1.07 bits per heavy atom. The van der Waals surface area contributed by atoms with E-state index in [1.54, 1.807) is 0 Å². The number of hydrogen-bond acceptors (Lipinski definition) is 3. The molecule has 0 spiro atoms. The largest absolute Gasteiger partial charge is 0.461 e. The molecular weight excluding hydrogens is 574 g/mol. The summed E-state index contributed by atoms with van der Waals surface area (Å²) in [6.45, 7) is 0. The molecule has 0 aliphatic heterocycles. The van der Waals surface area contributed by atoms with Crippen LogP contribution in [0.3, 0.4) is 0 Å². The lowest BCUT2D eigenvalue weighted by Crippen LogP contribution is -2.56. The summed E-state index contributed by atoms with van der Waals surface area (Å²) in [6, 6.07) is 5.17. The van der Waals surface area contributed by atoms with E-state index in [0.717, 1.165) is 12.3 Å². The van der Waals surface area contributed by atoms with E-state index in [1.807, 2.05) is 0 Å². The number of benzene rings is 1. The van der Waals surface area contributed by atoms with E-state index in [-0.39, 0.29) is 14.5 Å². The second kappa shape index (κ2) is 7.40. The van der Waals surface area contributed by atoms with E-state index in [2.05, 4.69) is 42.9 Å². The van der Waals surface area contributed by atoms with Crippen LogP contribution in [0.2, 0.25) is 5.15 Å². The van der Waals surface area contributed by atoms with E-state index in [9.17, 15) is 39.2 Å². The van der Waals surface area contributed by atoms with Crippen molar-refractivity contribution in [2.24, 2.45) is 0 Å². The number of rotatable bonds is 4. The number of halogens is 10. The Morgan fingerprint density at radius 2 is 1.64 bits per heavy atom. The Balaban J connectivity index is 2.90. The molecule has 2 aromatic rings. The minimum atomic E-state index is -6.87. The van der Waals surface area contributed by atoms with Gasteiger partial charge in [0.05, 0.1) is 4.90 Å². The molecular formula is C14H4Br2ClF7NO2S. The number of alkyl halides is 7. The van der Waals surface area contributed by atoms with E-state index in [0.29, 0.717) is 6.07 Å². The molecule has 0 saturated carbocycles. The van der Waals surface area contributed by atoms with Crippen LogP contribution in [0.15, 0.2) is 38.2 Å². The maximum absolute atomic E-state index is 14.1. The maximum Gasteiger partial charge on any atom is 0.461 e. The van der Waals surface area contributed by atoms with Crippen LogP contribution in [0.5, 0.6) is 0 Å². The van der Waals surface area contributed by atoms with Crippen LogP contribution < -0.4 is 0 Å². The van der Waals surface area contributed by atoms with E-state index in [4.69, 9.17) is 11.6 Å². The van der Waals surface area contributed by atoms with Gasteiger partial charge in [-0.2, -0.15) is 30.7 Å². The quantitative estimate of drug-likeness (QED) is 0.317. The van der Waals surface area contributed by atoms with Crippen molar-refractivity contribution in [3.8, 4) is 11.1 Å². The molecule has 153 valence electrons. The molecule has 0 saturated heterocycles. The predicted octanol–water partition coefficient (Wildman–Crippen LogP) is 6.29. The third-order valence-electron chi connectivity index (χ3n) is 3.33. The highest BCUT2D eigenvalue weighted by molar-refractivity contribution is 9.11. The smallest absolute Gasteiger partial charge is 0.244 e. The van der Waals surface area contributed by atoms with Gasteiger partial charge in [0.1, 0.15) is 5.15 Å². The lowest BCUT2D eigenvalue weighted by atomic mass is 10.1. The van der Waals surface area contributed by atoms with Gasteiger partial charge in [-0.25, -0.2) is 13.4 Å². The molecule has 1 heterocycles. The zero-order valence-electron chi connectivity index (χ0n) is 12.8. The summed E-state index contributed by atoms with van der Waals surface area (Å²) in [7, 11) is -6.59. The lowest BCUT2D eigenvalue weighted by Gasteiger charge is -2.28. The van der Waals surface area contributed by atoms with Crippen molar-refractivity contribution in [2.75, 3.05) is 0 Å². The van der Waals surface area contributed by atoms with Crippen molar-refractivity contribution in [3.63, 3.8) is 0 Å². The van der Waals surface area contributed by atoms with Crippen LogP contribution in [0.1, 0.15) is 0 Å². The fourth-order valence-corrected chi connectivity index (χ4v) is 5.32. The lowest BCUT2D eigenvalue weighted by molar-refractivity contribution is -0.332. The Morgan fingerprint density at radius 3 is 2.14 bits per heavy atom. The molecule has 0 unspecified atom stereocenters. The van der Waals surface area contributed by atoms with Gasteiger partial charge in [-0.15, -0.1) is 0 Å². The maximum atomic E-state index is 14.1. The van der Waals surface area contributed by atoms with E-state index < -0.39 is 42.8 Å². The van der Waals surface area contributed by atoms with Gasteiger partial charge in [0.2, 0.25) is 0 Å². The van der Waals surface area contributed by atoms with Gasteiger partial charge >= 0.3 is 17.4 Å². The fraction of sp³-hybridized carbons (Fsp3) is 0.214. The second-order valence-electron chi connectivity index (χ2n) is 5.10. The fourth-order valence-electron chi connectivity index (χ4n) is 2.01. The van der Waals surface area contributed by atoms with Crippen molar-refractivity contribution < 1.29 is 39.2 Å². The standard InChI is InChI=1S/C14H4Br2ClF7NO2S/c15-6-4-8(16)10(7-2-1-3-25-11(7)17)9(5-6)28(26,27)14(23,24)12(18,19)13(20,21)22/h1-3,5H. The summed E-state index contributed by atoms with van der Waals surface area (Å²) in [5.41, 5.74) is -1.02. The van der Waals surface area contributed by atoms with Crippen LogP contribution in [-0.2, 0) is 9.84 Å². The molecule has 0 fully saturated rings. The highest BCUT2D eigenvalue weighted by Crippen LogP contribution is 2.52. The van der Waals surface area contributed by atoms with Gasteiger partial charge in [-0.3, -0.25) is 0 Å². The SMILES string of the molecule is O=S(=O)(c1cc(Br)[c]c(Br)c1-c1cccnc1Cl)C(F)(F)C(F)(F)C(F)(F)F. The number of hydrogen-bond donors (Lipinski definition) is 0. The average molecular weight is 579 g/mol. The summed E-state index contributed by atoms with van der Waals surface area (Å²) in [4.78, 5) is 2.07. The zero-order valence-corrected chi connectivity index (χ0v) is 17.5. The minimum absolute atomic E-state index is 0.312. The van der Waals surface area contributed by atoms with Crippen molar-refractivity contribution >= 4 is 53.3 Å². The van der Waals surface area contributed by atoms with Crippen LogP contribution >= 0.6 is 43.5 Å². The number of pyridine rings is 1. The third kappa shape index (κ3) is 3.65. The molecule has 1 radical (unpaired) electrons. The van der Waals surface area contributed by atoms with Gasteiger partial charge < -0.3 is 0 Å². The number of nitrogens with zero attached hydrogens (tertiary/aromatic N) is 1. The van der Waals surface area contributed by atoms with Crippen LogP contribution in [0, 0.1) is 6.07 Å². The minimum Gasteiger partial charge on any atom is -0.244 e. The van der Waals surface area contributed by atoms with E-state index in [1.165, 1.54) is 6.07 Å². The molecule has 14 heteroatoms. The van der Waals surface area contributed by atoms with Gasteiger partial charge in [0, 0.05) is 32.3 Å². The van der Waals surface area contributed by atoms with E-state index >= 15 is 0 Å². The molecule has 28 heavy (non-hydrogen) atoms.